The molecule has 0 radical (unpaired) electrons. The van der Waals surface area contributed by atoms with E-state index in [9.17, 15) is 13.2 Å². The minimum Gasteiger partial charge on any atom is -0.381 e. The molecule has 1 amide bonds. The Bertz CT molecular complexity index is 588. The van der Waals surface area contributed by atoms with E-state index < -0.39 is 10.0 Å². The van der Waals surface area contributed by atoms with Crippen LogP contribution in [0, 0.1) is 5.92 Å². The fourth-order valence-electron chi connectivity index (χ4n) is 2.19. The first-order valence-electron chi connectivity index (χ1n) is 6.43. The number of rotatable bonds is 4. The molecule has 2 rings (SSSR count). The number of carbonyl (C=O) groups is 1. The van der Waals surface area contributed by atoms with Gasteiger partial charge >= 0.3 is 0 Å². The molecule has 2 heterocycles. The minimum atomic E-state index is -3.79. The Balaban J connectivity index is 2.00. The molecule has 1 aromatic rings. The van der Waals surface area contributed by atoms with E-state index in [0.717, 1.165) is 26.1 Å². The standard InChI is InChI=1S/C12H19N3O4S/c1-15-8-10(20(13,17)18)6-11(15)12(16)14-7-9-2-4-19-5-3-9/h6,8-9H,2-5,7H2,1H3,(H,14,16)(H2,13,17,18). The van der Waals surface area contributed by atoms with Gasteiger partial charge in [0.15, 0.2) is 0 Å². The zero-order valence-electron chi connectivity index (χ0n) is 11.3. The van der Waals surface area contributed by atoms with E-state index in [1.807, 2.05) is 0 Å². The molecule has 7 nitrogen and oxygen atoms in total. The van der Waals surface area contributed by atoms with Crippen LogP contribution in [0.15, 0.2) is 17.2 Å². The van der Waals surface area contributed by atoms with Crippen molar-refractivity contribution >= 4 is 15.9 Å². The van der Waals surface area contributed by atoms with Crippen molar-refractivity contribution in [1.29, 1.82) is 0 Å². The highest BCUT2D eigenvalue weighted by Gasteiger charge is 2.19. The Morgan fingerprint density at radius 3 is 2.70 bits per heavy atom. The van der Waals surface area contributed by atoms with Crippen LogP contribution >= 0.6 is 0 Å². The van der Waals surface area contributed by atoms with E-state index in [4.69, 9.17) is 9.88 Å². The summed E-state index contributed by atoms with van der Waals surface area (Å²) in [5.41, 5.74) is 0.279. The second-order valence-electron chi connectivity index (χ2n) is 4.98. The molecule has 0 aliphatic carbocycles. The number of hydrogen-bond acceptors (Lipinski definition) is 4. The molecule has 1 saturated heterocycles. The first-order chi connectivity index (χ1) is 9.38. The molecule has 0 spiro atoms. The zero-order valence-corrected chi connectivity index (χ0v) is 12.1. The van der Waals surface area contributed by atoms with Gasteiger partial charge in [0.25, 0.3) is 5.91 Å². The molecule has 1 fully saturated rings. The maximum Gasteiger partial charge on any atom is 0.267 e. The fourth-order valence-corrected chi connectivity index (χ4v) is 2.77. The number of amides is 1. The predicted molar refractivity (Wildman–Crippen MR) is 72.7 cm³/mol. The van der Waals surface area contributed by atoms with Gasteiger partial charge < -0.3 is 14.6 Å². The summed E-state index contributed by atoms with van der Waals surface area (Å²) >= 11 is 0. The molecule has 0 bridgehead atoms. The summed E-state index contributed by atoms with van der Waals surface area (Å²) < 4.78 is 29.2. The molecule has 0 atom stereocenters. The lowest BCUT2D eigenvalue weighted by Gasteiger charge is -2.22. The summed E-state index contributed by atoms with van der Waals surface area (Å²) in [7, 11) is -2.18. The van der Waals surface area contributed by atoms with Crippen molar-refractivity contribution in [3.63, 3.8) is 0 Å². The van der Waals surface area contributed by atoms with Crippen LogP contribution in [0.1, 0.15) is 23.3 Å². The van der Waals surface area contributed by atoms with Crippen LogP contribution in [0.2, 0.25) is 0 Å². The Hall–Kier alpha value is -1.38. The highest BCUT2D eigenvalue weighted by molar-refractivity contribution is 7.89. The number of carbonyl (C=O) groups excluding carboxylic acids is 1. The fraction of sp³-hybridized carbons (Fsp3) is 0.583. The summed E-state index contributed by atoms with van der Waals surface area (Å²) in [6, 6.07) is 1.29. The third-order valence-corrected chi connectivity index (χ3v) is 4.31. The average molecular weight is 301 g/mol. The van der Waals surface area contributed by atoms with Crippen LogP contribution in [0.3, 0.4) is 0 Å². The van der Waals surface area contributed by atoms with Crippen LogP contribution in [0.25, 0.3) is 0 Å². The predicted octanol–water partition coefficient (Wildman–Crippen LogP) is -0.171. The number of ether oxygens (including phenoxy) is 1. The molecule has 1 aliphatic rings. The summed E-state index contributed by atoms with van der Waals surface area (Å²) in [5, 5.41) is 7.87. The summed E-state index contributed by atoms with van der Waals surface area (Å²) in [6.45, 7) is 2.01. The molecule has 20 heavy (non-hydrogen) atoms. The monoisotopic (exact) mass is 301 g/mol. The maximum atomic E-state index is 12.0. The number of primary sulfonamides is 1. The summed E-state index contributed by atoms with van der Waals surface area (Å²) in [4.78, 5) is 12.0. The largest absolute Gasteiger partial charge is 0.381 e. The number of aryl methyl sites for hydroxylation is 1. The molecular formula is C12H19N3O4S. The van der Waals surface area contributed by atoms with Gasteiger partial charge in [-0.2, -0.15) is 0 Å². The van der Waals surface area contributed by atoms with Crippen LogP contribution in [0.4, 0.5) is 0 Å². The summed E-state index contributed by atoms with van der Waals surface area (Å²) in [5.74, 6) is 0.111. The normalized spacial score (nSPS) is 17.1. The summed E-state index contributed by atoms with van der Waals surface area (Å²) in [6.07, 6.45) is 3.18. The van der Waals surface area contributed by atoms with Gasteiger partial charge in [0.05, 0.1) is 0 Å². The van der Waals surface area contributed by atoms with Crippen LogP contribution in [-0.2, 0) is 21.8 Å². The lowest BCUT2D eigenvalue weighted by atomic mass is 10.0. The van der Waals surface area contributed by atoms with Gasteiger partial charge in [-0.1, -0.05) is 0 Å². The highest BCUT2D eigenvalue weighted by atomic mass is 32.2. The second-order valence-corrected chi connectivity index (χ2v) is 6.54. The van der Waals surface area contributed by atoms with Crippen molar-refractivity contribution in [2.45, 2.75) is 17.7 Å². The Labute approximate surface area is 118 Å². The van der Waals surface area contributed by atoms with Crippen molar-refractivity contribution in [3.05, 3.63) is 18.0 Å². The van der Waals surface area contributed by atoms with E-state index in [1.165, 1.54) is 16.8 Å². The first-order valence-corrected chi connectivity index (χ1v) is 7.97. The lowest BCUT2D eigenvalue weighted by molar-refractivity contribution is 0.0641. The molecule has 0 saturated carbocycles. The molecular weight excluding hydrogens is 282 g/mol. The first kappa shape index (κ1) is 15.0. The van der Waals surface area contributed by atoms with Crippen LogP contribution < -0.4 is 10.5 Å². The van der Waals surface area contributed by atoms with Gasteiger partial charge in [-0.25, -0.2) is 13.6 Å². The minimum absolute atomic E-state index is 0.0591. The smallest absolute Gasteiger partial charge is 0.267 e. The Kier molecular flexibility index (Phi) is 4.46. The molecule has 112 valence electrons. The van der Waals surface area contributed by atoms with Crippen molar-refractivity contribution in [2.75, 3.05) is 19.8 Å². The van der Waals surface area contributed by atoms with E-state index >= 15 is 0 Å². The number of nitrogens with one attached hydrogen (secondary N) is 1. The van der Waals surface area contributed by atoms with Crippen LogP contribution in [-0.4, -0.2) is 38.7 Å². The number of hydrogen-bond donors (Lipinski definition) is 2. The molecule has 0 unspecified atom stereocenters. The van der Waals surface area contributed by atoms with E-state index in [1.54, 1.807) is 7.05 Å². The number of nitrogens with two attached hydrogens (primary N) is 1. The lowest BCUT2D eigenvalue weighted by Crippen LogP contribution is -2.33. The van der Waals surface area contributed by atoms with Gasteiger partial charge in [0, 0.05) is 33.0 Å². The van der Waals surface area contributed by atoms with Crippen molar-refractivity contribution in [2.24, 2.45) is 18.1 Å². The topological polar surface area (TPSA) is 103 Å². The number of sulfonamides is 1. The maximum absolute atomic E-state index is 12.0. The zero-order chi connectivity index (χ0) is 14.8. The van der Waals surface area contributed by atoms with Gasteiger partial charge in [0.1, 0.15) is 10.6 Å². The number of aromatic nitrogens is 1. The molecule has 1 aromatic heterocycles. The van der Waals surface area contributed by atoms with Crippen molar-refractivity contribution < 1.29 is 17.9 Å². The highest BCUT2D eigenvalue weighted by Crippen LogP contribution is 2.15. The van der Waals surface area contributed by atoms with Crippen molar-refractivity contribution in [3.8, 4) is 0 Å². The number of nitrogens with zero attached hydrogens (tertiary/aromatic N) is 1. The van der Waals surface area contributed by atoms with E-state index in [0.29, 0.717) is 12.5 Å². The average Bonchev–Trinajstić information content (AvgIpc) is 2.79. The van der Waals surface area contributed by atoms with Gasteiger partial charge in [-0.05, 0) is 24.8 Å². The van der Waals surface area contributed by atoms with Crippen LogP contribution in [0.5, 0.6) is 0 Å². The van der Waals surface area contributed by atoms with E-state index in [-0.39, 0.29) is 16.5 Å². The van der Waals surface area contributed by atoms with E-state index in [2.05, 4.69) is 5.32 Å². The van der Waals surface area contributed by atoms with Gasteiger partial charge in [-0.15, -0.1) is 0 Å². The molecule has 3 N–H and O–H groups in total. The van der Waals surface area contributed by atoms with Gasteiger partial charge in [0.2, 0.25) is 10.0 Å². The third-order valence-electron chi connectivity index (χ3n) is 3.43. The van der Waals surface area contributed by atoms with Crippen molar-refractivity contribution in [1.82, 2.24) is 9.88 Å². The SMILES string of the molecule is Cn1cc(S(N)(=O)=O)cc1C(=O)NCC1CCOCC1. The molecule has 0 aromatic carbocycles. The van der Waals surface area contributed by atoms with Gasteiger partial charge in [-0.3, -0.25) is 4.79 Å². The third kappa shape index (κ3) is 3.59. The molecule has 8 heteroatoms. The quantitative estimate of drug-likeness (QED) is 0.805. The second kappa shape index (κ2) is 5.94. The Morgan fingerprint density at radius 2 is 2.15 bits per heavy atom. The molecule has 1 aliphatic heterocycles. The Morgan fingerprint density at radius 1 is 1.50 bits per heavy atom.